The number of aromatic nitrogens is 1. The van der Waals surface area contributed by atoms with E-state index in [4.69, 9.17) is 4.74 Å². The summed E-state index contributed by atoms with van der Waals surface area (Å²) >= 11 is 0. The van der Waals surface area contributed by atoms with E-state index in [2.05, 4.69) is 27.8 Å². The molecule has 3 aromatic rings. The first-order valence-corrected chi connectivity index (χ1v) is 8.81. The average Bonchev–Trinajstić information content (AvgIpc) is 3.24. The molecular weight excluding hydrogens is 315 g/mol. The Hall–Kier alpha value is -2.46. The largest absolute Gasteiger partial charge is 0.381 e. The molecule has 1 saturated heterocycles. The molecule has 0 spiro atoms. The van der Waals surface area contributed by atoms with Gasteiger partial charge in [-0.25, -0.2) is 4.39 Å². The Morgan fingerprint density at radius 2 is 1.96 bits per heavy atom. The number of hydrogen-bond acceptors (Lipinski definition) is 2. The van der Waals surface area contributed by atoms with Crippen LogP contribution in [0.4, 0.5) is 4.39 Å². The smallest absolute Gasteiger partial charge is 0.125 e. The Morgan fingerprint density at radius 1 is 1.08 bits per heavy atom. The third-order valence-corrected chi connectivity index (χ3v) is 5.29. The zero-order chi connectivity index (χ0) is 16.8. The number of rotatable bonds is 2. The van der Waals surface area contributed by atoms with Crippen molar-refractivity contribution >= 4 is 17.1 Å². The van der Waals surface area contributed by atoms with Crippen LogP contribution in [-0.4, -0.2) is 24.0 Å². The van der Waals surface area contributed by atoms with Gasteiger partial charge in [0.05, 0.1) is 12.1 Å². The fourth-order valence-electron chi connectivity index (χ4n) is 4.04. The number of benzene rings is 2. The van der Waals surface area contributed by atoms with Gasteiger partial charge in [0.2, 0.25) is 0 Å². The Bertz CT molecular complexity index is 983. The maximum Gasteiger partial charge on any atom is 0.125 e. The normalized spacial score (nSPS) is 17.3. The molecule has 0 saturated carbocycles. The van der Waals surface area contributed by atoms with E-state index < -0.39 is 0 Å². The maximum atomic E-state index is 13.9. The molecule has 5 rings (SSSR count). The quantitative estimate of drug-likeness (QED) is 0.673. The number of ether oxygens (including phenoxy) is 1. The fraction of sp³-hybridized carbons (Fsp3) is 0.286. The van der Waals surface area contributed by atoms with Gasteiger partial charge < -0.3 is 9.30 Å². The highest BCUT2D eigenvalue weighted by Crippen LogP contribution is 2.36. The second kappa shape index (κ2) is 5.81. The molecule has 0 unspecified atom stereocenters. The summed E-state index contributed by atoms with van der Waals surface area (Å²) in [6.07, 6.45) is 3.95. The molecule has 2 aromatic carbocycles. The topological polar surface area (TPSA) is 26.5 Å². The number of fused-ring (bicyclic) bond motifs is 2. The molecule has 0 aliphatic carbocycles. The Balaban J connectivity index is 1.76. The highest BCUT2D eigenvalue weighted by Gasteiger charge is 2.23. The van der Waals surface area contributed by atoms with Gasteiger partial charge in [-0.1, -0.05) is 6.07 Å². The van der Waals surface area contributed by atoms with Crippen molar-refractivity contribution in [3.63, 3.8) is 0 Å². The maximum absolute atomic E-state index is 13.9. The highest BCUT2D eigenvalue weighted by atomic mass is 19.1. The predicted molar refractivity (Wildman–Crippen MR) is 97.3 cm³/mol. The lowest BCUT2D eigenvalue weighted by Crippen LogP contribution is -2.16. The number of halogens is 1. The molecule has 0 N–H and O–H groups in total. The van der Waals surface area contributed by atoms with Gasteiger partial charge in [0.1, 0.15) is 5.82 Å². The summed E-state index contributed by atoms with van der Waals surface area (Å²) in [5.74, 6) is 0.230. The zero-order valence-electron chi connectivity index (χ0n) is 13.9. The molecule has 126 valence electrons. The molecule has 0 radical (unpaired) electrons. The van der Waals surface area contributed by atoms with Crippen LogP contribution in [0.1, 0.15) is 35.6 Å². The predicted octanol–water partition coefficient (Wildman–Crippen LogP) is 4.60. The van der Waals surface area contributed by atoms with Gasteiger partial charge in [-0.2, -0.15) is 0 Å². The lowest BCUT2D eigenvalue weighted by Gasteiger charge is -2.24. The number of nitrogens with zero attached hydrogens (tertiary/aromatic N) is 2. The molecule has 2 aliphatic rings. The van der Waals surface area contributed by atoms with Gasteiger partial charge in [-0.15, -0.1) is 0 Å². The molecule has 0 amide bonds. The summed E-state index contributed by atoms with van der Waals surface area (Å²) in [4.78, 5) is 4.37. The van der Waals surface area contributed by atoms with Crippen LogP contribution in [0.25, 0.3) is 16.6 Å². The molecule has 25 heavy (non-hydrogen) atoms. The van der Waals surface area contributed by atoms with Gasteiger partial charge in [0, 0.05) is 42.1 Å². The first kappa shape index (κ1) is 14.8. The minimum absolute atomic E-state index is 0.208. The minimum atomic E-state index is -0.208. The van der Waals surface area contributed by atoms with E-state index in [1.807, 2.05) is 12.3 Å². The van der Waals surface area contributed by atoms with Crippen LogP contribution in [0, 0.1) is 5.82 Å². The zero-order valence-corrected chi connectivity index (χ0v) is 13.9. The van der Waals surface area contributed by atoms with Crippen LogP contribution in [0.2, 0.25) is 0 Å². The third-order valence-electron chi connectivity index (χ3n) is 5.29. The lowest BCUT2D eigenvalue weighted by atomic mass is 9.96. The second-order valence-corrected chi connectivity index (χ2v) is 6.85. The van der Waals surface area contributed by atoms with Crippen LogP contribution in [0.3, 0.4) is 0 Å². The van der Waals surface area contributed by atoms with E-state index in [9.17, 15) is 4.39 Å². The van der Waals surface area contributed by atoms with Gasteiger partial charge in [-0.3, -0.25) is 4.99 Å². The average molecular weight is 334 g/mol. The monoisotopic (exact) mass is 334 g/mol. The molecule has 1 aromatic heterocycles. The first-order chi connectivity index (χ1) is 12.3. The first-order valence-electron chi connectivity index (χ1n) is 8.81. The van der Waals surface area contributed by atoms with E-state index in [1.54, 1.807) is 12.1 Å². The van der Waals surface area contributed by atoms with E-state index in [-0.39, 0.29) is 5.82 Å². The van der Waals surface area contributed by atoms with Crippen LogP contribution in [-0.2, 0) is 11.3 Å². The third kappa shape index (κ3) is 2.48. The van der Waals surface area contributed by atoms with Gasteiger partial charge in [-0.05, 0) is 60.4 Å². The minimum Gasteiger partial charge on any atom is -0.381 e. The standard InChI is InChI=1S/C21H19FN2O/c22-18-2-1-3-19(11-18)24-20(14-4-6-25-7-5-14)9-15-8-16-12-23-13-17(16)10-21(15)24/h1-3,8-11,13-14H,4-7,12H2. The Kier molecular flexibility index (Phi) is 3.45. The van der Waals surface area contributed by atoms with Crippen molar-refractivity contribution in [2.24, 2.45) is 4.99 Å². The van der Waals surface area contributed by atoms with Crippen LogP contribution >= 0.6 is 0 Å². The summed E-state index contributed by atoms with van der Waals surface area (Å²) < 4.78 is 21.7. The summed E-state index contributed by atoms with van der Waals surface area (Å²) in [6, 6.07) is 13.6. The molecular formula is C21H19FN2O. The van der Waals surface area contributed by atoms with E-state index in [1.165, 1.54) is 28.3 Å². The van der Waals surface area contributed by atoms with Crippen molar-refractivity contribution in [2.45, 2.75) is 25.3 Å². The van der Waals surface area contributed by atoms with Crippen molar-refractivity contribution in [2.75, 3.05) is 13.2 Å². The Labute approximate surface area is 145 Å². The van der Waals surface area contributed by atoms with Crippen LogP contribution in [0.5, 0.6) is 0 Å². The summed E-state index contributed by atoms with van der Waals surface area (Å²) in [5.41, 5.74) is 5.69. The van der Waals surface area contributed by atoms with Gasteiger partial charge in [0.25, 0.3) is 0 Å². The van der Waals surface area contributed by atoms with Crippen molar-refractivity contribution in [1.29, 1.82) is 0 Å². The number of aliphatic imine (C=N–C) groups is 1. The lowest BCUT2D eigenvalue weighted by molar-refractivity contribution is 0.0842. The molecule has 4 heteroatoms. The highest BCUT2D eigenvalue weighted by molar-refractivity contribution is 5.94. The Morgan fingerprint density at radius 3 is 2.80 bits per heavy atom. The van der Waals surface area contributed by atoms with E-state index in [0.717, 1.165) is 43.8 Å². The van der Waals surface area contributed by atoms with E-state index in [0.29, 0.717) is 5.92 Å². The van der Waals surface area contributed by atoms with E-state index >= 15 is 0 Å². The van der Waals surface area contributed by atoms with Crippen molar-refractivity contribution in [3.05, 3.63) is 65.1 Å². The van der Waals surface area contributed by atoms with Gasteiger partial charge >= 0.3 is 0 Å². The summed E-state index contributed by atoms with van der Waals surface area (Å²) in [7, 11) is 0. The summed E-state index contributed by atoms with van der Waals surface area (Å²) in [6.45, 7) is 2.33. The molecule has 2 aliphatic heterocycles. The summed E-state index contributed by atoms with van der Waals surface area (Å²) in [5, 5.41) is 1.20. The van der Waals surface area contributed by atoms with Crippen LogP contribution in [0.15, 0.2) is 47.5 Å². The van der Waals surface area contributed by atoms with Gasteiger partial charge in [0.15, 0.2) is 0 Å². The van der Waals surface area contributed by atoms with Crippen molar-refractivity contribution < 1.29 is 9.13 Å². The molecule has 0 bridgehead atoms. The SMILES string of the molecule is Fc1cccc(-n2c(C3CCOCC3)cc3cc4c(cc32)C=NC4)c1. The fourth-order valence-corrected chi connectivity index (χ4v) is 4.04. The van der Waals surface area contributed by atoms with Crippen molar-refractivity contribution in [3.8, 4) is 5.69 Å². The molecule has 3 heterocycles. The molecule has 0 atom stereocenters. The van der Waals surface area contributed by atoms with Crippen molar-refractivity contribution in [1.82, 2.24) is 4.57 Å². The molecule has 3 nitrogen and oxygen atoms in total. The second-order valence-electron chi connectivity index (χ2n) is 6.85. The number of hydrogen-bond donors (Lipinski definition) is 0. The van der Waals surface area contributed by atoms with Crippen LogP contribution < -0.4 is 0 Å². The molecule has 1 fully saturated rings.